The molecule has 0 bridgehead atoms. The fourth-order valence-electron chi connectivity index (χ4n) is 2.93. The van der Waals surface area contributed by atoms with Gasteiger partial charge in [0.25, 0.3) is 0 Å². The summed E-state index contributed by atoms with van der Waals surface area (Å²) in [5, 5.41) is 20.2. The number of carbonyl (C=O) groups is 1. The van der Waals surface area contributed by atoms with Gasteiger partial charge in [-0.3, -0.25) is 4.79 Å². The zero-order chi connectivity index (χ0) is 16.8. The van der Waals surface area contributed by atoms with E-state index >= 15 is 0 Å². The molecule has 0 aromatic heterocycles. The van der Waals surface area contributed by atoms with Gasteiger partial charge in [0.15, 0.2) is 8.24 Å². The average molecular weight is 427 g/mol. The number of aliphatic hydroxyl groups excluding tert-OH is 1. The van der Waals surface area contributed by atoms with Gasteiger partial charge in [0.1, 0.15) is 0 Å². The normalized spacial score (nSPS) is 28.1. The summed E-state index contributed by atoms with van der Waals surface area (Å²) in [7, 11) is -2.00. The molecule has 1 heterocycles. The van der Waals surface area contributed by atoms with Crippen LogP contribution >= 0.6 is 22.6 Å². The summed E-state index contributed by atoms with van der Waals surface area (Å²) in [5.41, 5.74) is -1.01. The Labute approximate surface area is 143 Å². The first kappa shape index (κ1) is 19.4. The highest BCUT2D eigenvalue weighted by molar-refractivity contribution is 14.1. The van der Waals surface area contributed by atoms with Gasteiger partial charge in [-0.15, -0.1) is 0 Å². The third-order valence-corrected chi connectivity index (χ3v) is 12.3. The average Bonchev–Trinajstić information content (AvgIpc) is 2.32. The number of carbonyl (C=O) groups excluding carboxylic acids is 1. The Morgan fingerprint density at radius 1 is 1.33 bits per heavy atom. The first-order chi connectivity index (χ1) is 9.32. The molecule has 6 heteroatoms. The van der Waals surface area contributed by atoms with E-state index in [1.165, 1.54) is 0 Å². The smallest absolute Gasteiger partial charge is 0.223 e. The van der Waals surface area contributed by atoms with Crippen LogP contribution in [0.2, 0.25) is 18.1 Å². The molecule has 0 radical (unpaired) electrons. The van der Waals surface area contributed by atoms with Crippen molar-refractivity contribution in [3.05, 3.63) is 0 Å². The molecule has 4 atom stereocenters. The van der Waals surface area contributed by atoms with Gasteiger partial charge >= 0.3 is 0 Å². The van der Waals surface area contributed by atoms with Crippen LogP contribution in [0.1, 0.15) is 34.6 Å². The number of rotatable bonds is 5. The molecule has 1 saturated heterocycles. The summed E-state index contributed by atoms with van der Waals surface area (Å²) in [6.07, 6.45) is 0. The van der Waals surface area contributed by atoms with E-state index in [-0.39, 0.29) is 29.5 Å². The monoisotopic (exact) mass is 427 g/mol. The number of alkyl halides is 1. The molecule has 0 aromatic carbocycles. The topological polar surface area (TPSA) is 60.8 Å². The molecule has 4 nitrogen and oxygen atoms in total. The molecule has 1 fully saturated rings. The lowest BCUT2D eigenvalue weighted by molar-refractivity contribution is -0.168. The number of hydrogen-bond acceptors (Lipinski definition) is 3. The van der Waals surface area contributed by atoms with Gasteiger partial charge < -0.3 is 14.8 Å². The summed E-state index contributed by atoms with van der Waals surface area (Å²) in [5.74, 6) is -0.351. The molecule has 1 unspecified atom stereocenters. The molecule has 1 aliphatic rings. The van der Waals surface area contributed by atoms with Gasteiger partial charge in [-0.2, -0.15) is 0 Å². The Hall–Kier alpha value is 0.337. The second kappa shape index (κ2) is 6.09. The van der Waals surface area contributed by atoms with Gasteiger partial charge in [0.2, 0.25) is 5.91 Å². The lowest BCUT2D eigenvalue weighted by Gasteiger charge is -2.62. The fraction of sp³-hybridized carbons (Fsp3) is 0.933. The number of hydrogen-bond donors (Lipinski definition) is 2. The van der Waals surface area contributed by atoms with Crippen LogP contribution in [0.15, 0.2) is 0 Å². The van der Waals surface area contributed by atoms with Crippen molar-refractivity contribution in [3.63, 3.8) is 0 Å². The minimum Gasteiger partial charge on any atom is -0.396 e. The summed E-state index contributed by atoms with van der Waals surface area (Å²) in [6, 6.07) is -0.0619. The van der Waals surface area contributed by atoms with Gasteiger partial charge in [-0.05, 0) is 17.9 Å². The lowest BCUT2D eigenvalue weighted by Crippen LogP contribution is -2.78. The van der Waals surface area contributed by atoms with Crippen molar-refractivity contribution in [2.24, 2.45) is 11.8 Å². The lowest BCUT2D eigenvalue weighted by atomic mass is 9.73. The Kier molecular flexibility index (Phi) is 5.62. The predicted octanol–water partition coefficient (Wildman–Crippen LogP) is 2.63. The molecule has 1 amide bonds. The molecular formula is C15H30INO3Si. The van der Waals surface area contributed by atoms with Crippen molar-refractivity contribution in [1.29, 1.82) is 0 Å². The zero-order valence-electron chi connectivity index (χ0n) is 14.3. The maximum atomic E-state index is 12.8. The van der Waals surface area contributed by atoms with Crippen LogP contribution in [0, 0.1) is 11.8 Å². The highest BCUT2D eigenvalue weighted by atomic mass is 127. The van der Waals surface area contributed by atoms with Crippen LogP contribution in [0.25, 0.3) is 0 Å². The second-order valence-corrected chi connectivity index (χ2v) is 14.0. The van der Waals surface area contributed by atoms with E-state index in [2.05, 4.69) is 56.5 Å². The second-order valence-electron chi connectivity index (χ2n) is 8.14. The zero-order valence-corrected chi connectivity index (χ0v) is 17.4. The maximum Gasteiger partial charge on any atom is 0.223 e. The van der Waals surface area contributed by atoms with E-state index in [1.807, 2.05) is 11.5 Å². The summed E-state index contributed by atoms with van der Waals surface area (Å²) in [6.45, 7) is 14.7. The number of amides is 1. The molecule has 0 aliphatic carbocycles. The molecule has 2 N–H and O–H groups in total. The Balaban J connectivity index is 3.22. The fourth-order valence-corrected chi connectivity index (χ4v) is 5.96. The van der Waals surface area contributed by atoms with E-state index in [0.29, 0.717) is 4.43 Å². The first-order valence-corrected chi connectivity index (χ1v) is 12.0. The van der Waals surface area contributed by atoms with E-state index in [4.69, 9.17) is 0 Å². The SMILES string of the molecule is C[C@@H](CO)[C@@H]1[C@H](C(C)(O)CI)C(=O)N1[Si](C)(C)C(C)(C)C. The van der Waals surface area contributed by atoms with E-state index in [1.54, 1.807) is 6.92 Å². The maximum absolute atomic E-state index is 12.8. The largest absolute Gasteiger partial charge is 0.396 e. The van der Waals surface area contributed by atoms with Crippen LogP contribution in [-0.2, 0) is 4.79 Å². The van der Waals surface area contributed by atoms with Gasteiger partial charge in [-0.25, -0.2) is 0 Å². The Morgan fingerprint density at radius 2 is 1.81 bits per heavy atom. The van der Waals surface area contributed by atoms with E-state index < -0.39 is 19.8 Å². The third kappa shape index (κ3) is 3.18. The van der Waals surface area contributed by atoms with Crippen molar-refractivity contribution in [1.82, 2.24) is 4.57 Å². The number of nitrogens with zero attached hydrogens (tertiary/aromatic N) is 1. The Morgan fingerprint density at radius 3 is 2.14 bits per heavy atom. The van der Waals surface area contributed by atoms with E-state index in [9.17, 15) is 15.0 Å². The summed E-state index contributed by atoms with van der Waals surface area (Å²) in [4.78, 5) is 12.8. The van der Waals surface area contributed by atoms with Crippen LogP contribution in [0.5, 0.6) is 0 Å². The molecule has 0 saturated carbocycles. The molecular weight excluding hydrogens is 397 g/mol. The highest BCUT2D eigenvalue weighted by Crippen LogP contribution is 2.49. The molecule has 21 heavy (non-hydrogen) atoms. The quantitative estimate of drug-likeness (QED) is 0.307. The highest BCUT2D eigenvalue weighted by Gasteiger charge is 2.62. The third-order valence-electron chi connectivity index (χ3n) is 5.39. The molecule has 0 aromatic rings. The molecule has 124 valence electrons. The molecule has 1 aliphatic heterocycles. The van der Waals surface area contributed by atoms with Crippen molar-refractivity contribution in [2.45, 2.75) is 64.4 Å². The minimum absolute atomic E-state index is 0.0174. The number of halogens is 1. The summed E-state index contributed by atoms with van der Waals surface area (Å²) < 4.78 is 2.54. The van der Waals surface area contributed by atoms with Gasteiger partial charge in [0, 0.05) is 17.1 Å². The first-order valence-electron chi connectivity index (χ1n) is 7.55. The van der Waals surface area contributed by atoms with Crippen molar-refractivity contribution >= 4 is 36.7 Å². The van der Waals surface area contributed by atoms with Crippen molar-refractivity contribution < 1.29 is 15.0 Å². The molecule has 1 rings (SSSR count). The van der Waals surface area contributed by atoms with Gasteiger partial charge in [-0.1, -0.05) is 63.4 Å². The van der Waals surface area contributed by atoms with Gasteiger partial charge in [0.05, 0.1) is 11.5 Å². The van der Waals surface area contributed by atoms with Crippen LogP contribution in [-0.4, -0.2) is 51.6 Å². The van der Waals surface area contributed by atoms with E-state index in [0.717, 1.165) is 0 Å². The predicted molar refractivity (Wildman–Crippen MR) is 97.1 cm³/mol. The van der Waals surface area contributed by atoms with Crippen molar-refractivity contribution in [2.75, 3.05) is 11.0 Å². The Bertz CT molecular complexity index is 406. The van der Waals surface area contributed by atoms with Crippen LogP contribution in [0.4, 0.5) is 0 Å². The van der Waals surface area contributed by atoms with Crippen LogP contribution in [0.3, 0.4) is 0 Å². The number of aliphatic hydroxyl groups is 2. The number of β-lactam (4-membered cyclic amide) rings is 1. The summed E-state index contributed by atoms with van der Waals surface area (Å²) >= 11 is 2.13. The van der Waals surface area contributed by atoms with Crippen LogP contribution < -0.4 is 0 Å². The standard InChI is InChI=1S/C15H30INO3Si/c1-10(8-18)12-11(15(5,20)9-16)13(19)17(12)21(6,7)14(2,3)4/h10-12,18,20H,8-9H2,1-7H3/t10-,11-,12+,15?/m0/s1. The van der Waals surface area contributed by atoms with Crippen molar-refractivity contribution in [3.8, 4) is 0 Å². The minimum atomic E-state index is -2.00. The molecule has 0 spiro atoms.